The topological polar surface area (TPSA) is 141 Å². The van der Waals surface area contributed by atoms with Gasteiger partial charge >= 0.3 is 0 Å². The highest BCUT2D eigenvalue weighted by atomic mass is 16.4. The number of hydrogen-bond donors (Lipinski definition) is 3. The number of hydrogen-bond acceptors (Lipinski definition) is 7. The van der Waals surface area contributed by atoms with E-state index in [9.17, 15) is 35.1 Å². The van der Waals surface area contributed by atoms with E-state index in [1.807, 2.05) is 6.08 Å². The summed E-state index contributed by atoms with van der Waals surface area (Å²) in [7, 11) is 0. The van der Waals surface area contributed by atoms with E-state index in [-0.39, 0.29) is 22.7 Å². The van der Waals surface area contributed by atoms with Crippen molar-refractivity contribution < 1.29 is 35.1 Å². The Morgan fingerprint density at radius 2 is 1.54 bits per heavy atom. The van der Waals surface area contributed by atoms with E-state index in [1.165, 1.54) is 13.3 Å². The largest absolute Gasteiger partial charge is 0.549 e. The molecule has 0 aromatic carbocycles. The van der Waals surface area contributed by atoms with Crippen LogP contribution in [0.5, 0.6) is 0 Å². The van der Waals surface area contributed by atoms with Crippen molar-refractivity contribution in [3.63, 3.8) is 0 Å². The average Bonchev–Trinajstić information content (AvgIpc) is 3.20. The number of aliphatic carboxylic acids is 2. The molecule has 3 N–H and O–H groups in total. The van der Waals surface area contributed by atoms with Gasteiger partial charge in [-0.2, -0.15) is 0 Å². The van der Waals surface area contributed by atoms with Crippen LogP contribution < -0.4 is 10.2 Å². The van der Waals surface area contributed by atoms with E-state index < -0.39 is 52.9 Å². The smallest absolute Gasteiger partial charge is 0.108 e. The van der Waals surface area contributed by atoms with Gasteiger partial charge in [-0.15, -0.1) is 0 Å². The number of allylic oxidation sites excluding steroid dienone is 2. The molecule has 0 heterocycles. The van der Waals surface area contributed by atoms with E-state index in [4.69, 9.17) is 0 Å². The van der Waals surface area contributed by atoms with Crippen LogP contribution in [0, 0.1) is 56.7 Å². The molecule has 0 bridgehead atoms. The van der Waals surface area contributed by atoms with Gasteiger partial charge in [-0.1, -0.05) is 53.2 Å². The molecule has 208 valence electrons. The predicted octanol–water partition coefficient (Wildman–Crippen LogP) is 1.43. The van der Waals surface area contributed by atoms with E-state index in [2.05, 4.69) is 34.6 Å². The zero-order valence-corrected chi connectivity index (χ0v) is 23.1. The lowest BCUT2D eigenvalue weighted by molar-refractivity contribution is -0.362. The van der Waals surface area contributed by atoms with Gasteiger partial charge in [0, 0.05) is 10.8 Å². The third kappa shape index (κ3) is 2.89. The Morgan fingerprint density at radius 1 is 0.892 bits per heavy atom. The van der Waals surface area contributed by atoms with E-state index >= 15 is 0 Å². The lowest BCUT2D eigenvalue weighted by Crippen LogP contribution is -2.77. The molecule has 12 atom stereocenters. The third-order valence-corrected chi connectivity index (χ3v) is 13.4. The number of aliphatic hydroxyl groups excluding tert-OH is 3. The molecule has 7 heteroatoms. The van der Waals surface area contributed by atoms with Gasteiger partial charge in [-0.3, -0.25) is 0 Å². The maximum atomic E-state index is 13.1. The van der Waals surface area contributed by atoms with Gasteiger partial charge in [0.1, 0.15) is 6.10 Å². The molecule has 0 aromatic rings. The standard InChI is InChI=1S/C30H46O7/c1-15(2)16-7-9-19-26(16,3)13-14-27(4)17-8-10-20-29(6,24(34)35)22(32)21(31)23(33)30(20,25(36)37)18(17)11-12-28(19,27)5/h8,15-16,18-23,31-33H,7,9-14H2,1-6H3,(H,34,35)(H,36,37)/p-2/t16-,18+,19-,20+,21+,22+,23-,26-,27-,28+,29+,30+/m1/s1. The Morgan fingerprint density at radius 3 is 2.11 bits per heavy atom. The van der Waals surface area contributed by atoms with E-state index in [0.717, 1.165) is 31.3 Å². The number of carbonyl (C=O) groups is 2. The summed E-state index contributed by atoms with van der Waals surface area (Å²) >= 11 is 0. The zero-order chi connectivity index (χ0) is 27.5. The molecule has 5 rings (SSSR count). The molecule has 0 spiro atoms. The van der Waals surface area contributed by atoms with Crippen molar-refractivity contribution in [2.24, 2.45) is 56.7 Å². The second-order valence-corrected chi connectivity index (χ2v) is 14.4. The number of carbonyl (C=O) groups excluding carboxylic acids is 2. The summed E-state index contributed by atoms with van der Waals surface area (Å²) in [5.41, 5.74) is -3.28. The Bertz CT molecular complexity index is 1040. The number of rotatable bonds is 3. The number of carboxylic acids is 2. The summed E-state index contributed by atoms with van der Waals surface area (Å²) in [5.74, 6) is -3.29. The highest BCUT2D eigenvalue weighted by molar-refractivity contribution is 5.81. The van der Waals surface area contributed by atoms with Gasteiger partial charge < -0.3 is 35.1 Å². The van der Waals surface area contributed by atoms with Gasteiger partial charge in [-0.05, 0) is 90.8 Å². The first kappa shape index (κ1) is 27.1. The quantitative estimate of drug-likeness (QED) is 0.482. The molecule has 0 radical (unpaired) electrons. The van der Waals surface area contributed by atoms with Gasteiger partial charge in [-0.25, -0.2) is 0 Å². The Labute approximate surface area is 220 Å². The van der Waals surface area contributed by atoms with Crippen LogP contribution >= 0.6 is 0 Å². The minimum absolute atomic E-state index is 0.0629. The zero-order valence-electron chi connectivity index (χ0n) is 23.1. The molecule has 0 aromatic heterocycles. The van der Waals surface area contributed by atoms with Gasteiger partial charge in [0.25, 0.3) is 0 Å². The van der Waals surface area contributed by atoms with Crippen LogP contribution in [-0.4, -0.2) is 45.6 Å². The van der Waals surface area contributed by atoms with Gasteiger partial charge in [0.2, 0.25) is 0 Å². The van der Waals surface area contributed by atoms with Crippen LogP contribution in [0.4, 0.5) is 0 Å². The first-order valence-corrected chi connectivity index (χ1v) is 14.2. The molecule has 5 aliphatic rings. The number of fused-ring (bicyclic) bond motifs is 7. The van der Waals surface area contributed by atoms with Gasteiger partial charge in [0.15, 0.2) is 0 Å². The lowest BCUT2D eigenvalue weighted by Gasteiger charge is -2.70. The SMILES string of the molecule is CC(C)[C@H]1CC[C@@H]2[C@]1(C)CC[C@]1(C)C3=CC[C@H]4[C@](C)(C(=O)[O-])[C@@H](O)[C@H](O)[C@@H](O)[C@]4(C(=O)[O-])[C@H]3CC[C@@]21C. The van der Waals surface area contributed by atoms with Crippen LogP contribution in [0.3, 0.4) is 0 Å². The van der Waals surface area contributed by atoms with Crippen molar-refractivity contribution in [2.45, 2.75) is 105 Å². The summed E-state index contributed by atoms with van der Waals surface area (Å²) in [6.07, 6.45) is 1.94. The second-order valence-electron chi connectivity index (χ2n) is 14.4. The Hall–Kier alpha value is -1.44. The monoisotopic (exact) mass is 516 g/mol. The van der Waals surface area contributed by atoms with Crippen molar-refractivity contribution in [1.29, 1.82) is 0 Å². The van der Waals surface area contributed by atoms with E-state index in [1.54, 1.807) is 0 Å². The maximum Gasteiger partial charge on any atom is 0.108 e. The molecule has 0 amide bonds. The molecule has 4 saturated carbocycles. The van der Waals surface area contributed by atoms with Crippen molar-refractivity contribution in [3.05, 3.63) is 11.6 Å². The van der Waals surface area contributed by atoms with E-state index in [0.29, 0.717) is 24.2 Å². The fourth-order valence-corrected chi connectivity index (χ4v) is 11.2. The van der Waals surface area contributed by atoms with Crippen LogP contribution in [0.2, 0.25) is 0 Å². The molecule has 5 aliphatic carbocycles. The maximum absolute atomic E-state index is 13.1. The Kier molecular flexibility index (Phi) is 5.90. The summed E-state index contributed by atoms with van der Waals surface area (Å²) < 4.78 is 0. The van der Waals surface area contributed by atoms with Crippen LogP contribution in [-0.2, 0) is 9.59 Å². The van der Waals surface area contributed by atoms with Crippen LogP contribution in [0.15, 0.2) is 11.6 Å². The number of carboxylic acid groups (broad SMARTS) is 2. The fraction of sp³-hybridized carbons (Fsp3) is 0.867. The molecule has 7 nitrogen and oxygen atoms in total. The van der Waals surface area contributed by atoms with Gasteiger partial charge in [0.05, 0.1) is 24.1 Å². The molecule has 37 heavy (non-hydrogen) atoms. The lowest BCUT2D eigenvalue weighted by atomic mass is 9.35. The summed E-state index contributed by atoms with van der Waals surface area (Å²) in [4.78, 5) is 25.5. The molecule has 0 unspecified atom stereocenters. The van der Waals surface area contributed by atoms with Crippen molar-refractivity contribution in [3.8, 4) is 0 Å². The summed E-state index contributed by atoms with van der Waals surface area (Å²) in [6.45, 7) is 12.9. The summed E-state index contributed by atoms with van der Waals surface area (Å²) in [6, 6.07) is 0. The molecule has 0 saturated heterocycles. The second kappa shape index (κ2) is 8.04. The average molecular weight is 517 g/mol. The molecule has 0 aliphatic heterocycles. The van der Waals surface area contributed by atoms with Crippen molar-refractivity contribution in [2.75, 3.05) is 0 Å². The van der Waals surface area contributed by atoms with Crippen LogP contribution in [0.25, 0.3) is 0 Å². The highest BCUT2D eigenvalue weighted by Gasteiger charge is 2.73. The van der Waals surface area contributed by atoms with Crippen LogP contribution in [0.1, 0.15) is 86.5 Å². The Balaban J connectivity index is 1.66. The minimum Gasteiger partial charge on any atom is -0.549 e. The first-order chi connectivity index (χ1) is 17.1. The minimum atomic E-state index is -2.05. The normalized spacial score (nSPS) is 55.0. The molecule has 4 fully saturated rings. The predicted molar refractivity (Wildman–Crippen MR) is 132 cm³/mol. The first-order valence-electron chi connectivity index (χ1n) is 14.2. The summed E-state index contributed by atoms with van der Waals surface area (Å²) in [5, 5.41) is 58.6. The highest BCUT2D eigenvalue weighted by Crippen LogP contribution is 2.76. The number of aliphatic hydroxyl groups is 3. The van der Waals surface area contributed by atoms with Crippen molar-refractivity contribution >= 4 is 11.9 Å². The van der Waals surface area contributed by atoms with Crippen molar-refractivity contribution in [1.82, 2.24) is 0 Å². The molecular weight excluding hydrogens is 472 g/mol. The molecular formula is C30H44O7-2. The fourth-order valence-electron chi connectivity index (χ4n) is 11.2. The third-order valence-electron chi connectivity index (χ3n) is 13.4.